The lowest BCUT2D eigenvalue weighted by molar-refractivity contribution is 0.789. The summed E-state index contributed by atoms with van der Waals surface area (Å²) < 4.78 is 0. The summed E-state index contributed by atoms with van der Waals surface area (Å²) in [4.78, 5) is 2.32. The zero-order valence-electron chi connectivity index (χ0n) is 8.53. The Balaban J connectivity index is 2.21. The van der Waals surface area contributed by atoms with Crippen LogP contribution in [0.1, 0.15) is 13.3 Å². The van der Waals surface area contributed by atoms with Crippen LogP contribution in [0.2, 0.25) is 0 Å². The number of nitrogen functional groups attached to an aromatic ring is 1. The molecule has 2 heteroatoms. The van der Waals surface area contributed by atoms with Crippen LogP contribution in [0.4, 0.5) is 11.4 Å². The van der Waals surface area contributed by atoms with Crippen LogP contribution in [-0.2, 0) is 0 Å². The zero-order chi connectivity index (χ0) is 9.97. The normalized spacial score (nSPS) is 16.6. The quantitative estimate of drug-likeness (QED) is 0.541. The fourth-order valence-corrected chi connectivity index (χ4v) is 1.77. The van der Waals surface area contributed by atoms with Crippen LogP contribution in [0.5, 0.6) is 0 Å². The SMILES string of the molecule is CC1=CCN(c2ccccc2N)CC1. The van der Waals surface area contributed by atoms with Gasteiger partial charge in [-0.05, 0) is 25.5 Å². The average Bonchev–Trinajstić information content (AvgIpc) is 2.20. The van der Waals surface area contributed by atoms with Crippen molar-refractivity contribution in [3.63, 3.8) is 0 Å². The molecule has 2 nitrogen and oxygen atoms in total. The first-order chi connectivity index (χ1) is 6.77. The van der Waals surface area contributed by atoms with Crippen molar-refractivity contribution in [2.45, 2.75) is 13.3 Å². The average molecular weight is 188 g/mol. The van der Waals surface area contributed by atoms with Gasteiger partial charge in [-0.1, -0.05) is 23.8 Å². The number of nitrogens with two attached hydrogens (primary N) is 1. The van der Waals surface area contributed by atoms with Gasteiger partial charge in [0.1, 0.15) is 0 Å². The van der Waals surface area contributed by atoms with Gasteiger partial charge in [0.05, 0.1) is 11.4 Å². The summed E-state index contributed by atoms with van der Waals surface area (Å²) in [6, 6.07) is 8.06. The van der Waals surface area contributed by atoms with E-state index >= 15 is 0 Å². The van der Waals surface area contributed by atoms with E-state index in [0.717, 1.165) is 30.9 Å². The summed E-state index contributed by atoms with van der Waals surface area (Å²) in [5.41, 5.74) is 9.44. The van der Waals surface area contributed by atoms with Crippen LogP contribution in [0.3, 0.4) is 0 Å². The molecule has 74 valence electrons. The Morgan fingerprint density at radius 3 is 2.71 bits per heavy atom. The maximum absolute atomic E-state index is 5.92. The van der Waals surface area contributed by atoms with E-state index < -0.39 is 0 Å². The van der Waals surface area contributed by atoms with Gasteiger partial charge in [-0.15, -0.1) is 0 Å². The minimum absolute atomic E-state index is 0.875. The molecule has 1 aromatic rings. The summed E-state index contributed by atoms with van der Waals surface area (Å²) in [7, 11) is 0. The standard InChI is InChI=1S/C12H16N2/c1-10-6-8-14(9-7-10)12-5-3-2-4-11(12)13/h2-6H,7-9,13H2,1H3. The van der Waals surface area contributed by atoms with Gasteiger partial charge in [0, 0.05) is 13.1 Å². The molecule has 0 saturated heterocycles. The van der Waals surface area contributed by atoms with Gasteiger partial charge in [0.15, 0.2) is 0 Å². The topological polar surface area (TPSA) is 29.3 Å². The molecule has 1 aromatic carbocycles. The second kappa shape index (κ2) is 3.74. The molecule has 1 heterocycles. The minimum Gasteiger partial charge on any atom is -0.397 e. The summed E-state index contributed by atoms with van der Waals surface area (Å²) in [6.45, 7) is 4.25. The van der Waals surface area contributed by atoms with Crippen molar-refractivity contribution in [1.29, 1.82) is 0 Å². The van der Waals surface area contributed by atoms with Crippen LogP contribution in [0, 0.1) is 0 Å². The smallest absolute Gasteiger partial charge is 0.0602 e. The van der Waals surface area contributed by atoms with Gasteiger partial charge in [0.2, 0.25) is 0 Å². The van der Waals surface area contributed by atoms with Crippen LogP contribution in [0.25, 0.3) is 0 Å². The predicted octanol–water partition coefficient (Wildman–Crippen LogP) is 2.43. The lowest BCUT2D eigenvalue weighted by Crippen LogP contribution is -2.28. The molecule has 0 amide bonds. The highest BCUT2D eigenvalue weighted by Crippen LogP contribution is 2.25. The number of anilines is 2. The third kappa shape index (κ3) is 1.74. The highest BCUT2D eigenvalue weighted by Gasteiger charge is 2.11. The Kier molecular flexibility index (Phi) is 2.44. The first-order valence-corrected chi connectivity index (χ1v) is 5.02. The molecule has 2 rings (SSSR count). The van der Waals surface area contributed by atoms with Gasteiger partial charge < -0.3 is 10.6 Å². The van der Waals surface area contributed by atoms with Gasteiger partial charge in [0.25, 0.3) is 0 Å². The molecular weight excluding hydrogens is 172 g/mol. The van der Waals surface area contributed by atoms with Crippen LogP contribution in [0.15, 0.2) is 35.9 Å². The van der Waals surface area contributed by atoms with Gasteiger partial charge in [-0.2, -0.15) is 0 Å². The van der Waals surface area contributed by atoms with E-state index in [2.05, 4.69) is 24.0 Å². The Hall–Kier alpha value is -1.44. The molecule has 0 fully saturated rings. The van der Waals surface area contributed by atoms with E-state index in [9.17, 15) is 0 Å². The third-order valence-electron chi connectivity index (χ3n) is 2.71. The molecule has 0 saturated carbocycles. The zero-order valence-corrected chi connectivity index (χ0v) is 8.53. The second-order valence-electron chi connectivity index (χ2n) is 3.81. The lowest BCUT2D eigenvalue weighted by atomic mass is 10.1. The molecule has 0 aromatic heterocycles. The molecule has 0 unspecified atom stereocenters. The van der Waals surface area contributed by atoms with Crippen LogP contribution >= 0.6 is 0 Å². The summed E-state index contributed by atoms with van der Waals surface area (Å²) in [5.74, 6) is 0. The number of hydrogen-bond donors (Lipinski definition) is 1. The summed E-state index contributed by atoms with van der Waals surface area (Å²) in [6.07, 6.45) is 3.42. The number of benzene rings is 1. The highest BCUT2D eigenvalue weighted by atomic mass is 15.1. The molecule has 2 N–H and O–H groups in total. The van der Waals surface area contributed by atoms with Gasteiger partial charge in [-0.25, -0.2) is 0 Å². The van der Waals surface area contributed by atoms with Crippen molar-refractivity contribution in [3.05, 3.63) is 35.9 Å². The van der Waals surface area contributed by atoms with Crippen molar-refractivity contribution >= 4 is 11.4 Å². The summed E-state index contributed by atoms with van der Waals surface area (Å²) in [5, 5.41) is 0. The molecule has 14 heavy (non-hydrogen) atoms. The Morgan fingerprint density at radius 1 is 1.29 bits per heavy atom. The maximum atomic E-state index is 5.92. The molecule has 0 aliphatic carbocycles. The van der Waals surface area contributed by atoms with Gasteiger partial charge >= 0.3 is 0 Å². The Bertz CT molecular complexity index is 355. The number of para-hydroxylation sites is 2. The molecule has 0 radical (unpaired) electrons. The van der Waals surface area contributed by atoms with E-state index in [-0.39, 0.29) is 0 Å². The van der Waals surface area contributed by atoms with Crippen molar-refractivity contribution < 1.29 is 0 Å². The van der Waals surface area contributed by atoms with Crippen LogP contribution in [-0.4, -0.2) is 13.1 Å². The third-order valence-corrected chi connectivity index (χ3v) is 2.71. The first kappa shape index (κ1) is 9.13. The maximum Gasteiger partial charge on any atom is 0.0602 e. The largest absolute Gasteiger partial charge is 0.397 e. The fraction of sp³-hybridized carbons (Fsp3) is 0.333. The lowest BCUT2D eigenvalue weighted by Gasteiger charge is -2.28. The predicted molar refractivity (Wildman–Crippen MR) is 61.4 cm³/mol. The minimum atomic E-state index is 0.875. The van der Waals surface area contributed by atoms with Gasteiger partial charge in [-0.3, -0.25) is 0 Å². The van der Waals surface area contributed by atoms with E-state index in [1.807, 2.05) is 18.2 Å². The van der Waals surface area contributed by atoms with Crippen molar-refractivity contribution in [3.8, 4) is 0 Å². The van der Waals surface area contributed by atoms with Crippen molar-refractivity contribution in [1.82, 2.24) is 0 Å². The number of rotatable bonds is 1. The summed E-state index contributed by atoms with van der Waals surface area (Å²) >= 11 is 0. The van der Waals surface area contributed by atoms with Crippen molar-refractivity contribution in [2.24, 2.45) is 0 Å². The Labute approximate surface area is 85.0 Å². The Morgan fingerprint density at radius 2 is 2.07 bits per heavy atom. The first-order valence-electron chi connectivity index (χ1n) is 5.02. The molecular formula is C12H16N2. The van der Waals surface area contributed by atoms with Crippen LogP contribution < -0.4 is 10.6 Å². The molecule has 0 atom stereocenters. The molecule has 0 bridgehead atoms. The highest BCUT2D eigenvalue weighted by molar-refractivity contribution is 5.67. The second-order valence-corrected chi connectivity index (χ2v) is 3.81. The van der Waals surface area contributed by atoms with Crippen molar-refractivity contribution in [2.75, 3.05) is 23.7 Å². The number of hydrogen-bond acceptors (Lipinski definition) is 2. The molecule has 0 spiro atoms. The van der Waals surface area contributed by atoms with E-state index in [4.69, 9.17) is 5.73 Å². The number of nitrogens with zero attached hydrogens (tertiary/aromatic N) is 1. The monoisotopic (exact) mass is 188 g/mol. The van der Waals surface area contributed by atoms with E-state index in [0.29, 0.717) is 0 Å². The molecule has 1 aliphatic heterocycles. The van der Waals surface area contributed by atoms with E-state index in [1.54, 1.807) is 0 Å². The van der Waals surface area contributed by atoms with E-state index in [1.165, 1.54) is 5.57 Å². The fourth-order valence-electron chi connectivity index (χ4n) is 1.77. The molecule has 1 aliphatic rings.